The summed E-state index contributed by atoms with van der Waals surface area (Å²) in [6, 6.07) is 0.611. The largest absolute Gasteiger partial charge is 0.462 e. The number of likely N-dealkylation sites (N-methyl/N-ethyl adjacent to an activating group) is 1. The number of esters is 1. The Bertz CT molecular complexity index is 176. The van der Waals surface area contributed by atoms with Gasteiger partial charge < -0.3 is 4.74 Å². The van der Waals surface area contributed by atoms with Gasteiger partial charge in [0.25, 0.3) is 0 Å². The molecule has 3 nitrogen and oxygen atoms in total. The second kappa shape index (κ2) is 4.61. The van der Waals surface area contributed by atoms with Crippen LogP contribution >= 0.6 is 0 Å². The van der Waals surface area contributed by atoms with Crippen LogP contribution in [0.5, 0.6) is 0 Å². The quantitative estimate of drug-likeness (QED) is 0.620. The molecule has 1 aliphatic rings. The number of carbonyl (C=O) groups is 1. The normalized spacial score (nSPS) is 17.6. The molecule has 0 aromatic carbocycles. The highest BCUT2D eigenvalue weighted by Crippen LogP contribution is 2.23. The predicted octanol–water partition coefficient (Wildman–Crippen LogP) is 1.42. The third-order valence-corrected chi connectivity index (χ3v) is 2.44. The Hall–Kier alpha value is -0.570. The zero-order chi connectivity index (χ0) is 9.84. The first-order chi connectivity index (χ1) is 6.09. The highest BCUT2D eigenvalue weighted by molar-refractivity contribution is 5.71. The van der Waals surface area contributed by atoms with Gasteiger partial charge in [-0.1, -0.05) is 6.42 Å². The summed E-state index contributed by atoms with van der Waals surface area (Å²) in [6.45, 7) is 4.19. The van der Waals surface area contributed by atoms with Crippen molar-refractivity contribution in [2.75, 3.05) is 13.6 Å². The van der Waals surface area contributed by atoms with Crippen molar-refractivity contribution < 1.29 is 9.53 Å². The fourth-order valence-electron chi connectivity index (χ4n) is 1.46. The molecule has 13 heavy (non-hydrogen) atoms. The summed E-state index contributed by atoms with van der Waals surface area (Å²) in [5, 5.41) is 0. The Kier molecular flexibility index (Phi) is 3.72. The maximum Gasteiger partial charge on any atom is 0.320 e. The lowest BCUT2D eigenvalue weighted by molar-refractivity contribution is -0.149. The van der Waals surface area contributed by atoms with Crippen LogP contribution in [0.2, 0.25) is 0 Å². The smallest absolute Gasteiger partial charge is 0.320 e. The van der Waals surface area contributed by atoms with Crippen LogP contribution in [0.1, 0.15) is 33.1 Å². The van der Waals surface area contributed by atoms with Gasteiger partial charge in [0.2, 0.25) is 0 Å². The van der Waals surface area contributed by atoms with Crippen LogP contribution in [-0.4, -0.2) is 36.6 Å². The van der Waals surface area contributed by atoms with E-state index >= 15 is 0 Å². The Morgan fingerprint density at radius 3 is 2.54 bits per heavy atom. The average molecular weight is 185 g/mol. The Morgan fingerprint density at radius 1 is 1.54 bits per heavy atom. The monoisotopic (exact) mass is 185 g/mol. The van der Waals surface area contributed by atoms with E-state index in [0.717, 1.165) is 0 Å². The van der Waals surface area contributed by atoms with E-state index in [-0.39, 0.29) is 12.1 Å². The second-order valence-electron chi connectivity index (χ2n) is 4.04. The van der Waals surface area contributed by atoms with Gasteiger partial charge in [0.05, 0.1) is 12.6 Å². The highest BCUT2D eigenvalue weighted by atomic mass is 16.5. The van der Waals surface area contributed by atoms with Crippen LogP contribution in [0.25, 0.3) is 0 Å². The lowest BCUT2D eigenvalue weighted by atomic mass is 9.92. The van der Waals surface area contributed by atoms with Gasteiger partial charge in [-0.2, -0.15) is 0 Å². The van der Waals surface area contributed by atoms with Gasteiger partial charge in [0.15, 0.2) is 0 Å². The van der Waals surface area contributed by atoms with Crippen LogP contribution in [0.15, 0.2) is 0 Å². The molecule has 0 saturated heterocycles. The van der Waals surface area contributed by atoms with Crippen molar-refractivity contribution in [3.63, 3.8) is 0 Å². The van der Waals surface area contributed by atoms with Crippen LogP contribution < -0.4 is 0 Å². The van der Waals surface area contributed by atoms with Crippen molar-refractivity contribution in [2.45, 2.75) is 45.3 Å². The molecule has 1 aliphatic carbocycles. The minimum Gasteiger partial charge on any atom is -0.462 e. The molecular formula is C10H19NO2. The molecule has 0 aliphatic heterocycles. The van der Waals surface area contributed by atoms with E-state index in [2.05, 4.69) is 4.90 Å². The standard InChI is InChI=1S/C10H19NO2/c1-8(2)13-10(12)7-11(3)9-5-4-6-9/h8-9H,4-7H2,1-3H3. The summed E-state index contributed by atoms with van der Waals surface area (Å²) in [6.07, 6.45) is 3.76. The van der Waals surface area contributed by atoms with Gasteiger partial charge in [-0.3, -0.25) is 9.69 Å². The molecule has 76 valence electrons. The summed E-state index contributed by atoms with van der Waals surface area (Å²) < 4.78 is 5.06. The fourth-order valence-corrected chi connectivity index (χ4v) is 1.46. The van der Waals surface area contributed by atoms with Gasteiger partial charge >= 0.3 is 5.97 Å². The summed E-state index contributed by atoms with van der Waals surface area (Å²) in [7, 11) is 1.99. The molecule has 3 heteroatoms. The molecule has 0 heterocycles. The molecule has 0 N–H and O–H groups in total. The predicted molar refractivity (Wildman–Crippen MR) is 51.5 cm³/mol. The first-order valence-corrected chi connectivity index (χ1v) is 4.99. The number of hydrogen-bond donors (Lipinski definition) is 0. The molecule has 0 spiro atoms. The minimum atomic E-state index is -0.107. The Balaban J connectivity index is 2.18. The second-order valence-corrected chi connectivity index (χ2v) is 4.04. The SMILES string of the molecule is CC(C)OC(=O)CN(C)C1CCC1. The molecule has 1 fully saturated rings. The summed E-state index contributed by atoms with van der Waals surface area (Å²) in [5.74, 6) is -0.107. The van der Waals surface area contributed by atoms with E-state index in [9.17, 15) is 4.79 Å². The van der Waals surface area contributed by atoms with Crippen LogP contribution in [-0.2, 0) is 9.53 Å². The topological polar surface area (TPSA) is 29.5 Å². The number of hydrogen-bond acceptors (Lipinski definition) is 3. The van der Waals surface area contributed by atoms with E-state index in [4.69, 9.17) is 4.74 Å². The lowest BCUT2D eigenvalue weighted by Gasteiger charge is -2.34. The number of rotatable bonds is 4. The number of carbonyl (C=O) groups excluding carboxylic acids is 1. The molecule has 0 amide bonds. The Labute approximate surface area is 80.1 Å². The average Bonchev–Trinajstić information content (AvgIpc) is 1.78. The van der Waals surface area contributed by atoms with E-state index < -0.39 is 0 Å². The zero-order valence-electron chi connectivity index (χ0n) is 8.75. The Morgan fingerprint density at radius 2 is 2.15 bits per heavy atom. The number of nitrogens with zero attached hydrogens (tertiary/aromatic N) is 1. The van der Waals surface area contributed by atoms with E-state index in [1.807, 2.05) is 20.9 Å². The van der Waals surface area contributed by atoms with Crippen molar-refractivity contribution in [2.24, 2.45) is 0 Å². The maximum atomic E-state index is 11.2. The maximum absolute atomic E-state index is 11.2. The molecule has 0 radical (unpaired) electrons. The third-order valence-electron chi connectivity index (χ3n) is 2.44. The highest BCUT2D eigenvalue weighted by Gasteiger charge is 2.23. The van der Waals surface area contributed by atoms with Crippen LogP contribution in [0.3, 0.4) is 0 Å². The first-order valence-electron chi connectivity index (χ1n) is 4.99. The summed E-state index contributed by atoms with van der Waals surface area (Å²) >= 11 is 0. The molecule has 0 aromatic heterocycles. The minimum absolute atomic E-state index is 0.00212. The van der Waals surface area contributed by atoms with E-state index in [0.29, 0.717) is 12.6 Å². The molecule has 0 aromatic rings. The molecule has 1 saturated carbocycles. The van der Waals surface area contributed by atoms with Gasteiger partial charge in [-0.05, 0) is 33.7 Å². The van der Waals surface area contributed by atoms with Crippen LogP contribution in [0.4, 0.5) is 0 Å². The van der Waals surface area contributed by atoms with E-state index in [1.165, 1.54) is 19.3 Å². The fraction of sp³-hybridized carbons (Fsp3) is 0.900. The van der Waals surface area contributed by atoms with Crippen molar-refractivity contribution in [3.8, 4) is 0 Å². The molecule has 1 rings (SSSR count). The van der Waals surface area contributed by atoms with Gasteiger partial charge in [-0.15, -0.1) is 0 Å². The summed E-state index contributed by atoms with van der Waals surface area (Å²) in [4.78, 5) is 13.3. The van der Waals surface area contributed by atoms with Gasteiger partial charge in [-0.25, -0.2) is 0 Å². The summed E-state index contributed by atoms with van der Waals surface area (Å²) in [5.41, 5.74) is 0. The van der Waals surface area contributed by atoms with Gasteiger partial charge in [0.1, 0.15) is 0 Å². The van der Waals surface area contributed by atoms with Crippen molar-refractivity contribution >= 4 is 5.97 Å². The molecule has 0 bridgehead atoms. The van der Waals surface area contributed by atoms with Gasteiger partial charge in [0, 0.05) is 6.04 Å². The van der Waals surface area contributed by atoms with Crippen LogP contribution in [0, 0.1) is 0 Å². The van der Waals surface area contributed by atoms with Crippen molar-refractivity contribution in [1.29, 1.82) is 0 Å². The third kappa shape index (κ3) is 3.35. The van der Waals surface area contributed by atoms with Crippen molar-refractivity contribution in [1.82, 2.24) is 4.90 Å². The van der Waals surface area contributed by atoms with E-state index in [1.54, 1.807) is 0 Å². The number of ether oxygens (including phenoxy) is 1. The first kappa shape index (κ1) is 10.5. The van der Waals surface area contributed by atoms with Crippen molar-refractivity contribution in [3.05, 3.63) is 0 Å². The molecular weight excluding hydrogens is 166 g/mol. The molecule has 0 unspecified atom stereocenters. The zero-order valence-corrected chi connectivity index (χ0v) is 8.75. The lowest BCUT2D eigenvalue weighted by Crippen LogP contribution is -2.41. The molecule has 0 atom stereocenters.